The molecular formula is C8H18NO3S-. The Morgan fingerprint density at radius 1 is 1.54 bits per heavy atom. The van der Waals surface area contributed by atoms with Crippen molar-refractivity contribution in [3.63, 3.8) is 0 Å². The molecule has 4 nitrogen and oxygen atoms in total. The van der Waals surface area contributed by atoms with E-state index in [4.69, 9.17) is 0 Å². The Bertz CT molecular complexity index is 137. The molecule has 0 N–H and O–H groups in total. The summed E-state index contributed by atoms with van der Waals surface area (Å²) in [6.45, 7) is 3.72. The van der Waals surface area contributed by atoms with Gasteiger partial charge in [0.25, 0.3) is 0 Å². The first-order chi connectivity index (χ1) is 6.00. The van der Waals surface area contributed by atoms with Crippen LogP contribution in [0.15, 0.2) is 12.7 Å². The third kappa shape index (κ3) is 33.7. The van der Waals surface area contributed by atoms with Crippen LogP contribution in [0.25, 0.3) is 0 Å². The van der Waals surface area contributed by atoms with Crippen molar-refractivity contribution in [2.75, 3.05) is 27.7 Å². The standard InChI is InChI=1S/C5H10O3S.C3H9N/c1-2-3-4-5-8-9(6)7;1-4(2)3/h2H,1,3-5H2,(H,6,7);1-3H3/p-1. The minimum absolute atomic E-state index is 0.252. The highest BCUT2D eigenvalue weighted by molar-refractivity contribution is 7.74. The van der Waals surface area contributed by atoms with E-state index in [9.17, 15) is 8.76 Å². The average Bonchev–Trinajstić information content (AvgIpc) is 1.97. The van der Waals surface area contributed by atoms with Crippen LogP contribution in [0.5, 0.6) is 0 Å². The Labute approximate surface area is 83.1 Å². The molecule has 13 heavy (non-hydrogen) atoms. The Balaban J connectivity index is 0. The van der Waals surface area contributed by atoms with Gasteiger partial charge in [0.2, 0.25) is 0 Å². The maximum absolute atomic E-state index is 9.71. The maximum Gasteiger partial charge on any atom is 0.0842 e. The highest BCUT2D eigenvalue weighted by atomic mass is 32.2. The van der Waals surface area contributed by atoms with E-state index in [1.165, 1.54) is 0 Å². The van der Waals surface area contributed by atoms with Crippen molar-refractivity contribution >= 4 is 11.4 Å². The Morgan fingerprint density at radius 3 is 2.31 bits per heavy atom. The fourth-order valence-corrected chi connectivity index (χ4v) is 0.609. The van der Waals surface area contributed by atoms with Crippen LogP contribution < -0.4 is 0 Å². The molecule has 80 valence electrons. The molecule has 0 aromatic carbocycles. The van der Waals surface area contributed by atoms with Gasteiger partial charge in [-0.25, -0.2) is 4.21 Å². The minimum atomic E-state index is -2.35. The van der Waals surface area contributed by atoms with Gasteiger partial charge in [-0.3, -0.25) is 0 Å². The average molecular weight is 208 g/mol. The summed E-state index contributed by atoms with van der Waals surface area (Å²) in [7, 11) is 6.00. The molecule has 0 aromatic rings. The topological polar surface area (TPSA) is 52.6 Å². The summed E-state index contributed by atoms with van der Waals surface area (Å²) < 4.78 is 23.6. The monoisotopic (exact) mass is 208 g/mol. The zero-order chi connectivity index (χ0) is 10.7. The van der Waals surface area contributed by atoms with E-state index in [1.807, 2.05) is 26.0 Å². The third-order valence-corrected chi connectivity index (χ3v) is 1.09. The number of nitrogens with zero attached hydrogens (tertiary/aromatic N) is 1. The van der Waals surface area contributed by atoms with Crippen molar-refractivity contribution in [1.82, 2.24) is 4.90 Å². The van der Waals surface area contributed by atoms with Crippen LogP contribution in [-0.2, 0) is 15.5 Å². The summed E-state index contributed by atoms with van der Waals surface area (Å²) in [6, 6.07) is 0. The lowest BCUT2D eigenvalue weighted by atomic mass is 10.3. The van der Waals surface area contributed by atoms with Crippen LogP contribution in [0.4, 0.5) is 0 Å². The van der Waals surface area contributed by atoms with Crippen LogP contribution in [0.3, 0.4) is 0 Å². The van der Waals surface area contributed by atoms with E-state index in [0.29, 0.717) is 6.42 Å². The molecule has 0 aromatic heterocycles. The molecule has 0 bridgehead atoms. The SMILES string of the molecule is C=CCCCOS(=O)[O-].CN(C)C. The Morgan fingerprint density at radius 2 is 2.00 bits per heavy atom. The fourth-order valence-electron chi connectivity index (χ4n) is 0.355. The van der Waals surface area contributed by atoms with E-state index >= 15 is 0 Å². The number of hydrogen-bond donors (Lipinski definition) is 0. The molecule has 0 heterocycles. The fraction of sp³-hybridized carbons (Fsp3) is 0.750. The molecule has 1 atom stereocenters. The lowest BCUT2D eigenvalue weighted by Crippen LogP contribution is -1.99. The maximum atomic E-state index is 9.71. The Kier molecular flexibility index (Phi) is 13.8. The molecule has 0 amide bonds. The first-order valence-electron chi connectivity index (χ1n) is 3.95. The summed E-state index contributed by atoms with van der Waals surface area (Å²) in [4.78, 5) is 2.00. The van der Waals surface area contributed by atoms with Crippen molar-refractivity contribution in [2.24, 2.45) is 0 Å². The minimum Gasteiger partial charge on any atom is -0.750 e. The van der Waals surface area contributed by atoms with Gasteiger partial charge in [0.15, 0.2) is 0 Å². The molecule has 1 unspecified atom stereocenters. The number of rotatable bonds is 5. The highest BCUT2D eigenvalue weighted by Gasteiger charge is 1.83. The Hall–Kier alpha value is -0.230. The van der Waals surface area contributed by atoms with Crippen LogP contribution >= 0.6 is 0 Å². The second-order valence-corrected chi connectivity index (χ2v) is 3.44. The second-order valence-electron chi connectivity index (χ2n) is 2.80. The summed E-state index contributed by atoms with van der Waals surface area (Å²) in [5.41, 5.74) is 0. The molecular weight excluding hydrogens is 190 g/mol. The summed E-state index contributed by atoms with van der Waals surface area (Å²) in [5, 5.41) is 0. The highest BCUT2D eigenvalue weighted by Crippen LogP contribution is 1.90. The lowest BCUT2D eigenvalue weighted by Gasteiger charge is -2.02. The van der Waals surface area contributed by atoms with Gasteiger partial charge in [-0.15, -0.1) is 6.58 Å². The molecule has 0 saturated heterocycles. The predicted molar refractivity (Wildman–Crippen MR) is 53.9 cm³/mol. The smallest absolute Gasteiger partial charge is 0.0842 e. The second kappa shape index (κ2) is 11.8. The predicted octanol–water partition coefficient (Wildman–Crippen LogP) is 0.941. The number of unbranched alkanes of at least 4 members (excludes halogenated alkanes) is 1. The summed E-state index contributed by atoms with van der Waals surface area (Å²) >= 11 is -2.35. The van der Waals surface area contributed by atoms with Gasteiger partial charge in [0, 0.05) is 0 Å². The van der Waals surface area contributed by atoms with E-state index in [-0.39, 0.29) is 6.61 Å². The van der Waals surface area contributed by atoms with E-state index in [2.05, 4.69) is 10.8 Å². The first-order valence-corrected chi connectivity index (χ1v) is 4.95. The van der Waals surface area contributed by atoms with Gasteiger partial charge >= 0.3 is 0 Å². The van der Waals surface area contributed by atoms with E-state index in [0.717, 1.165) is 6.42 Å². The van der Waals surface area contributed by atoms with Crippen molar-refractivity contribution in [2.45, 2.75) is 12.8 Å². The van der Waals surface area contributed by atoms with Crippen LogP contribution in [0.1, 0.15) is 12.8 Å². The normalized spacial score (nSPS) is 11.8. The molecule has 0 spiro atoms. The summed E-state index contributed by atoms with van der Waals surface area (Å²) in [6.07, 6.45) is 3.21. The van der Waals surface area contributed by atoms with Gasteiger partial charge in [-0.05, 0) is 34.0 Å². The van der Waals surface area contributed by atoms with Crippen molar-refractivity contribution < 1.29 is 12.9 Å². The van der Waals surface area contributed by atoms with Gasteiger partial charge < -0.3 is 13.6 Å². The molecule has 0 aliphatic rings. The van der Waals surface area contributed by atoms with Crippen LogP contribution in [0, 0.1) is 0 Å². The summed E-state index contributed by atoms with van der Waals surface area (Å²) in [5.74, 6) is 0. The third-order valence-electron chi connectivity index (χ3n) is 0.732. The molecule has 0 aliphatic carbocycles. The lowest BCUT2D eigenvalue weighted by molar-refractivity contribution is 0.296. The van der Waals surface area contributed by atoms with Crippen LogP contribution in [0.2, 0.25) is 0 Å². The van der Waals surface area contributed by atoms with Gasteiger partial charge in [0.1, 0.15) is 0 Å². The molecule has 0 radical (unpaired) electrons. The molecule has 0 rings (SSSR count). The zero-order valence-corrected chi connectivity index (χ0v) is 9.30. The molecule has 5 heteroatoms. The van der Waals surface area contributed by atoms with E-state index < -0.39 is 11.4 Å². The van der Waals surface area contributed by atoms with E-state index in [1.54, 1.807) is 6.08 Å². The van der Waals surface area contributed by atoms with Gasteiger partial charge in [-0.2, -0.15) is 0 Å². The van der Waals surface area contributed by atoms with Crippen molar-refractivity contribution in [3.05, 3.63) is 12.7 Å². The van der Waals surface area contributed by atoms with Crippen molar-refractivity contribution in [3.8, 4) is 0 Å². The van der Waals surface area contributed by atoms with Gasteiger partial charge in [0.05, 0.1) is 18.0 Å². The van der Waals surface area contributed by atoms with Crippen LogP contribution in [-0.4, -0.2) is 41.4 Å². The number of allylic oxidation sites excluding steroid dienone is 1. The quantitative estimate of drug-likeness (QED) is 0.383. The van der Waals surface area contributed by atoms with Crippen molar-refractivity contribution in [1.29, 1.82) is 0 Å². The van der Waals surface area contributed by atoms with Gasteiger partial charge in [-0.1, -0.05) is 6.08 Å². The molecule has 0 fully saturated rings. The number of hydrogen-bond acceptors (Lipinski definition) is 4. The largest absolute Gasteiger partial charge is 0.750 e. The first kappa shape index (κ1) is 15.3. The molecule has 0 aliphatic heterocycles. The molecule has 0 saturated carbocycles. The zero-order valence-electron chi connectivity index (χ0n) is 8.49.